The molecule has 0 bridgehead atoms. The van der Waals surface area contributed by atoms with Crippen LogP contribution in [-0.4, -0.2) is 13.7 Å². The van der Waals surface area contributed by atoms with Crippen LogP contribution in [0.4, 0.5) is 0 Å². The molecule has 0 radical (unpaired) electrons. The summed E-state index contributed by atoms with van der Waals surface area (Å²) in [6.07, 6.45) is 6.74. The monoisotopic (exact) mass is 267 g/mol. The van der Waals surface area contributed by atoms with Crippen molar-refractivity contribution in [1.82, 2.24) is 5.32 Å². The first-order valence-corrected chi connectivity index (χ1v) is 7.23. The number of hydrogen-bond donors (Lipinski definition) is 1. The summed E-state index contributed by atoms with van der Waals surface area (Å²) in [5.41, 5.74) is 1.14. The average molecular weight is 268 g/mol. The lowest BCUT2D eigenvalue weighted by atomic mass is 9.90. The molecule has 1 saturated carbocycles. The lowest BCUT2D eigenvalue weighted by Gasteiger charge is -2.22. The van der Waals surface area contributed by atoms with E-state index < -0.39 is 0 Å². The van der Waals surface area contributed by atoms with Gasteiger partial charge in [0.15, 0.2) is 0 Å². The van der Waals surface area contributed by atoms with Crippen molar-refractivity contribution in [2.45, 2.75) is 38.6 Å². The SMILES string of the molecule is CNCc1cc(Cl)ccc1OCC1CCCCC1. The number of hydrogen-bond acceptors (Lipinski definition) is 2. The van der Waals surface area contributed by atoms with Gasteiger partial charge in [0.1, 0.15) is 5.75 Å². The van der Waals surface area contributed by atoms with E-state index in [0.717, 1.165) is 35.4 Å². The Labute approximate surface area is 115 Å². The summed E-state index contributed by atoms with van der Waals surface area (Å²) in [4.78, 5) is 0. The highest BCUT2D eigenvalue weighted by Crippen LogP contribution is 2.27. The molecule has 1 aromatic rings. The quantitative estimate of drug-likeness (QED) is 0.870. The maximum Gasteiger partial charge on any atom is 0.123 e. The fourth-order valence-corrected chi connectivity index (χ4v) is 2.77. The van der Waals surface area contributed by atoms with Crippen LogP contribution >= 0.6 is 11.6 Å². The van der Waals surface area contributed by atoms with Crippen LogP contribution in [0.15, 0.2) is 18.2 Å². The lowest BCUT2D eigenvalue weighted by molar-refractivity contribution is 0.207. The molecule has 0 unspecified atom stereocenters. The largest absolute Gasteiger partial charge is 0.493 e. The second kappa shape index (κ2) is 7.01. The van der Waals surface area contributed by atoms with Crippen molar-refractivity contribution in [3.05, 3.63) is 28.8 Å². The summed E-state index contributed by atoms with van der Waals surface area (Å²) >= 11 is 6.02. The van der Waals surface area contributed by atoms with E-state index in [2.05, 4.69) is 5.32 Å². The van der Waals surface area contributed by atoms with Crippen LogP contribution in [0.3, 0.4) is 0 Å². The molecule has 100 valence electrons. The van der Waals surface area contributed by atoms with Gasteiger partial charge in [-0.2, -0.15) is 0 Å². The Morgan fingerprint density at radius 1 is 1.28 bits per heavy atom. The smallest absolute Gasteiger partial charge is 0.123 e. The Morgan fingerprint density at radius 3 is 2.78 bits per heavy atom. The van der Waals surface area contributed by atoms with E-state index in [0.29, 0.717) is 0 Å². The normalized spacial score (nSPS) is 16.8. The number of benzene rings is 1. The van der Waals surface area contributed by atoms with E-state index in [-0.39, 0.29) is 0 Å². The Hall–Kier alpha value is -0.730. The van der Waals surface area contributed by atoms with Crippen LogP contribution in [0.5, 0.6) is 5.75 Å². The minimum atomic E-state index is 0.733. The van der Waals surface area contributed by atoms with E-state index in [1.807, 2.05) is 25.2 Å². The molecule has 3 heteroatoms. The molecular weight excluding hydrogens is 246 g/mol. The van der Waals surface area contributed by atoms with Gasteiger partial charge in [-0.15, -0.1) is 0 Å². The Bertz CT molecular complexity index is 375. The van der Waals surface area contributed by atoms with Crippen LogP contribution in [-0.2, 0) is 6.54 Å². The van der Waals surface area contributed by atoms with Crippen LogP contribution in [0.25, 0.3) is 0 Å². The van der Waals surface area contributed by atoms with Crippen molar-refractivity contribution in [3.8, 4) is 5.75 Å². The van der Waals surface area contributed by atoms with Crippen LogP contribution in [0.2, 0.25) is 5.02 Å². The molecule has 18 heavy (non-hydrogen) atoms. The first-order chi connectivity index (χ1) is 8.79. The van der Waals surface area contributed by atoms with Gasteiger partial charge in [0.25, 0.3) is 0 Å². The Morgan fingerprint density at radius 2 is 2.06 bits per heavy atom. The van der Waals surface area contributed by atoms with Gasteiger partial charge in [-0.25, -0.2) is 0 Å². The minimum absolute atomic E-state index is 0.733. The fourth-order valence-electron chi connectivity index (χ4n) is 2.58. The molecule has 0 spiro atoms. The van der Waals surface area contributed by atoms with Gasteiger partial charge in [0.05, 0.1) is 6.61 Å². The third-order valence-corrected chi connectivity index (χ3v) is 3.82. The fraction of sp³-hybridized carbons (Fsp3) is 0.600. The molecule has 0 aromatic heterocycles. The van der Waals surface area contributed by atoms with E-state index >= 15 is 0 Å². The third kappa shape index (κ3) is 3.89. The highest BCUT2D eigenvalue weighted by atomic mass is 35.5. The van der Waals surface area contributed by atoms with Crippen LogP contribution in [0.1, 0.15) is 37.7 Å². The van der Waals surface area contributed by atoms with E-state index in [1.165, 1.54) is 32.1 Å². The molecule has 1 fully saturated rings. The standard InChI is InChI=1S/C15H22ClNO/c1-17-10-13-9-14(16)7-8-15(13)18-11-12-5-3-2-4-6-12/h7-9,12,17H,2-6,10-11H2,1H3. The molecule has 2 rings (SSSR count). The van der Waals surface area contributed by atoms with Gasteiger partial charge in [-0.05, 0) is 44.0 Å². The highest BCUT2D eigenvalue weighted by Gasteiger charge is 2.14. The molecule has 2 nitrogen and oxygen atoms in total. The zero-order valence-electron chi connectivity index (χ0n) is 11.0. The zero-order valence-corrected chi connectivity index (χ0v) is 11.8. The van der Waals surface area contributed by atoms with Crippen LogP contribution in [0, 0.1) is 5.92 Å². The Balaban J connectivity index is 1.94. The molecule has 1 N–H and O–H groups in total. The topological polar surface area (TPSA) is 21.3 Å². The predicted molar refractivity (Wildman–Crippen MR) is 76.3 cm³/mol. The lowest BCUT2D eigenvalue weighted by Crippen LogP contribution is -2.16. The molecule has 0 aliphatic heterocycles. The molecule has 0 amide bonds. The molecule has 1 aromatic carbocycles. The van der Waals surface area contributed by atoms with Crippen molar-refractivity contribution in [3.63, 3.8) is 0 Å². The summed E-state index contributed by atoms with van der Waals surface area (Å²) in [5, 5.41) is 3.92. The average Bonchev–Trinajstić information content (AvgIpc) is 2.39. The number of nitrogens with one attached hydrogen (secondary N) is 1. The second-order valence-electron chi connectivity index (χ2n) is 5.10. The Kier molecular flexibility index (Phi) is 5.33. The van der Waals surface area contributed by atoms with Gasteiger partial charge in [0.2, 0.25) is 0 Å². The molecule has 1 aliphatic rings. The summed E-state index contributed by atoms with van der Waals surface area (Å²) in [6, 6.07) is 5.86. The van der Waals surface area contributed by atoms with Crippen molar-refractivity contribution >= 4 is 11.6 Å². The van der Waals surface area contributed by atoms with Crippen LogP contribution < -0.4 is 10.1 Å². The predicted octanol–water partition coefficient (Wildman–Crippen LogP) is 4.02. The van der Waals surface area contributed by atoms with Gasteiger partial charge in [0, 0.05) is 17.1 Å². The molecule has 0 saturated heterocycles. The second-order valence-corrected chi connectivity index (χ2v) is 5.53. The zero-order chi connectivity index (χ0) is 12.8. The first-order valence-electron chi connectivity index (χ1n) is 6.85. The van der Waals surface area contributed by atoms with Crippen molar-refractivity contribution in [1.29, 1.82) is 0 Å². The molecule has 0 heterocycles. The summed E-state index contributed by atoms with van der Waals surface area (Å²) in [6.45, 7) is 1.64. The van der Waals surface area contributed by atoms with E-state index in [4.69, 9.17) is 16.3 Å². The molecule has 0 atom stereocenters. The van der Waals surface area contributed by atoms with E-state index in [9.17, 15) is 0 Å². The maximum atomic E-state index is 6.02. The minimum Gasteiger partial charge on any atom is -0.493 e. The van der Waals surface area contributed by atoms with Gasteiger partial charge in [-0.3, -0.25) is 0 Å². The molecule has 1 aliphatic carbocycles. The van der Waals surface area contributed by atoms with Crippen molar-refractivity contribution in [2.75, 3.05) is 13.7 Å². The first kappa shape index (κ1) is 13.7. The maximum absolute atomic E-state index is 6.02. The number of ether oxygens (including phenoxy) is 1. The summed E-state index contributed by atoms with van der Waals surface area (Å²) in [7, 11) is 1.94. The molecular formula is C15H22ClNO. The summed E-state index contributed by atoms with van der Waals surface area (Å²) in [5.74, 6) is 1.70. The summed E-state index contributed by atoms with van der Waals surface area (Å²) < 4.78 is 5.99. The third-order valence-electron chi connectivity index (χ3n) is 3.59. The van der Waals surface area contributed by atoms with Gasteiger partial charge < -0.3 is 10.1 Å². The van der Waals surface area contributed by atoms with Crippen molar-refractivity contribution < 1.29 is 4.74 Å². The number of halogens is 1. The highest BCUT2D eigenvalue weighted by molar-refractivity contribution is 6.30. The van der Waals surface area contributed by atoms with Gasteiger partial charge >= 0.3 is 0 Å². The van der Waals surface area contributed by atoms with E-state index in [1.54, 1.807) is 0 Å². The van der Waals surface area contributed by atoms with Gasteiger partial charge in [-0.1, -0.05) is 30.9 Å². The van der Waals surface area contributed by atoms with Crippen molar-refractivity contribution in [2.24, 2.45) is 5.92 Å². The number of rotatable bonds is 5.